The van der Waals surface area contributed by atoms with E-state index in [0.717, 1.165) is 27.6 Å². The van der Waals surface area contributed by atoms with E-state index >= 15 is 0 Å². The van der Waals surface area contributed by atoms with E-state index in [1.807, 2.05) is 0 Å². The standard InChI is InChI=1S/C39H26N2S/c1-3-11-27(12-4-1)28-19-22-31(23-20-28)41(36-18-10-9-16-32(36)29-13-5-2-6-14-29)37-26-25-35-34-24-21-30-15-7-8-17-33(30)38(34)42-39(35)40-37/h1-26H. The molecule has 2 nitrogen and oxygen atoms in total. The topological polar surface area (TPSA) is 16.1 Å². The molecule has 0 fully saturated rings. The minimum absolute atomic E-state index is 0.897. The maximum atomic E-state index is 5.33. The van der Waals surface area contributed by atoms with Crippen LogP contribution in [0.25, 0.3) is 53.3 Å². The number of aromatic nitrogens is 1. The summed E-state index contributed by atoms with van der Waals surface area (Å²) in [5, 5.41) is 4.99. The van der Waals surface area contributed by atoms with Crippen LogP contribution in [0, 0.1) is 0 Å². The van der Waals surface area contributed by atoms with Gasteiger partial charge in [-0.15, -0.1) is 11.3 Å². The minimum atomic E-state index is 0.897. The highest BCUT2D eigenvalue weighted by molar-refractivity contribution is 7.26. The van der Waals surface area contributed by atoms with E-state index in [9.17, 15) is 0 Å². The van der Waals surface area contributed by atoms with Gasteiger partial charge in [0.25, 0.3) is 0 Å². The molecule has 0 atom stereocenters. The molecule has 0 saturated heterocycles. The molecule has 8 aromatic rings. The largest absolute Gasteiger partial charge is 0.294 e. The average molecular weight is 555 g/mol. The zero-order chi connectivity index (χ0) is 27.9. The Morgan fingerprint density at radius 1 is 0.452 bits per heavy atom. The quantitative estimate of drug-likeness (QED) is 0.210. The Balaban J connectivity index is 1.33. The van der Waals surface area contributed by atoms with E-state index in [1.165, 1.54) is 42.9 Å². The van der Waals surface area contributed by atoms with Crippen molar-refractivity contribution in [2.24, 2.45) is 0 Å². The van der Waals surface area contributed by atoms with Gasteiger partial charge in [0.2, 0.25) is 0 Å². The van der Waals surface area contributed by atoms with Crippen molar-refractivity contribution in [1.29, 1.82) is 0 Å². The fraction of sp³-hybridized carbons (Fsp3) is 0. The predicted octanol–water partition coefficient (Wildman–Crippen LogP) is 11.4. The maximum absolute atomic E-state index is 5.33. The van der Waals surface area contributed by atoms with Crippen molar-refractivity contribution in [3.63, 3.8) is 0 Å². The number of hydrogen-bond acceptors (Lipinski definition) is 3. The highest BCUT2D eigenvalue weighted by atomic mass is 32.1. The lowest BCUT2D eigenvalue weighted by atomic mass is 10.0. The van der Waals surface area contributed by atoms with Gasteiger partial charge in [-0.2, -0.15) is 0 Å². The normalized spacial score (nSPS) is 11.3. The summed E-state index contributed by atoms with van der Waals surface area (Å²) in [6.07, 6.45) is 0. The molecule has 198 valence electrons. The van der Waals surface area contributed by atoms with Crippen LogP contribution < -0.4 is 4.90 Å². The maximum Gasteiger partial charge on any atom is 0.139 e. The second kappa shape index (κ2) is 10.3. The monoisotopic (exact) mass is 554 g/mol. The number of nitrogens with zero attached hydrogens (tertiary/aromatic N) is 2. The van der Waals surface area contributed by atoms with Crippen LogP contribution in [0.15, 0.2) is 158 Å². The van der Waals surface area contributed by atoms with E-state index in [0.29, 0.717) is 0 Å². The summed E-state index contributed by atoms with van der Waals surface area (Å²) >= 11 is 1.78. The van der Waals surface area contributed by atoms with Crippen molar-refractivity contribution in [2.45, 2.75) is 0 Å². The minimum Gasteiger partial charge on any atom is -0.294 e. The Labute approximate surface area is 248 Å². The second-order valence-corrected chi connectivity index (χ2v) is 11.4. The van der Waals surface area contributed by atoms with Gasteiger partial charge in [-0.05, 0) is 57.8 Å². The molecule has 0 unspecified atom stereocenters. The first kappa shape index (κ1) is 24.5. The summed E-state index contributed by atoms with van der Waals surface area (Å²) in [7, 11) is 0. The van der Waals surface area contributed by atoms with Gasteiger partial charge in [0.15, 0.2) is 0 Å². The van der Waals surface area contributed by atoms with Gasteiger partial charge in [-0.25, -0.2) is 4.98 Å². The van der Waals surface area contributed by atoms with Crippen molar-refractivity contribution in [2.75, 3.05) is 4.90 Å². The first-order valence-electron chi connectivity index (χ1n) is 14.1. The van der Waals surface area contributed by atoms with Crippen LogP contribution in [0.5, 0.6) is 0 Å². The molecule has 0 N–H and O–H groups in total. The lowest BCUT2D eigenvalue weighted by Gasteiger charge is -2.27. The third kappa shape index (κ3) is 4.23. The number of hydrogen-bond donors (Lipinski definition) is 0. The van der Waals surface area contributed by atoms with Crippen LogP contribution in [0.4, 0.5) is 17.2 Å². The Bertz CT molecular complexity index is 2180. The molecule has 8 rings (SSSR count). The fourth-order valence-electron chi connectivity index (χ4n) is 5.86. The smallest absolute Gasteiger partial charge is 0.139 e. The Morgan fingerprint density at radius 3 is 1.90 bits per heavy atom. The lowest BCUT2D eigenvalue weighted by Crippen LogP contribution is -2.12. The number of thiophene rings is 1. The van der Waals surface area contributed by atoms with E-state index in [1.54, 1.807) is 11.3 Å². The van der Waals surface area contributed by atoms with Crippen LogP contribution in [0.2, 0.25) is 0 Å². The second-order valence-electron chi connectivity index (χ2n) is 10.4. The molecule has 3 heteroatoms. The number of para-hydroxylation sites is 1. The highest BCUT2D eigenvalue weighted by Crippen LogP contribution is 2.43. The molecule has 2 aromatic heterocycles. The summed E-state index contributed by atoms with van der Waals surface area (Å²) < 4.78 is 1.29. The molecule has 2 heterocycles. The molecule has 0 aliphatic heterocycles. The molecule has 6 aromatic carbocycles. The number of fused-ring (bicyclic) bond motifs is 5. The first-order chi connectivity index (χ1) is 20.8. The van der Waals surface area contributed by atoms with E-state index < -0.39 is 0 Å². The fourth-order valence-corrected chi connectivity index (χ4v) is 7.06. The zero-order valence-corrected chi connectivity index (χ0v) is 23.6. The molecular formula is C39H26N2S. The molecule has 0 aliphatic carbocycles. The van der Waals surface area contributed by atoms with Crippen LogP contribution in [0.3, 0.4) is 0 Å². The third-order valence-electron chi connectivity index (χ3n) is 7.91. The van der Waals surface area contributed by atoms with Gasteiger partial charge in [-0.1, -0.05) is 127 Å². The summed E-state index contributed by atoms with van der Waals surface area (Å²) in [6.45, 7) is 0. The van der Waals surface area contributed by atoms with Gasteiger partial charge in [0.05, 0.1) is 5.69 Å². The molecule has 42 heavy (non-hydrogen) atoms. The van der Waals surface area contributed by atoms with Gasteiger partial charge in [0, 0.05) is 26.7 Å². The third-order valence-corrected chi connectivity index (χ3v) is 9.05. The summed E-state index contributed by atoms with van der Waals surface area (Å²) in [5.41, 5.74) is 6.89. The van der Waals surface area contributed by atoms with E-state index in [4.69, 9.17) is 4.98 Å². The van der Waals surface area contributed by atoms with E-state index in [-0.39, 0.29) is 0 Å². The summed E-state index contributed by atoms with van der Waals surface area (Å²) in [5.74, 6) is 0.897. The predicted molar refractivity (Wildman–Crippen MR) is 180 cm³/mol. The van der Waals surface area contributed by atoms with Gasteiger partial charge >= 0.3 is 0 Å². The molecule has 0 aliphatic rings. The van der Waals surface area contributed by atoms with Gasteiger partial charge in [-0.3, -0.25) is 4.90 Å². The van der Waals surface area contributed by atoms with E-state index in [2.05, 4.69) is 163 Å². The SMILES string of the molecule is c1ccc(-c2ccc(N(c3ccc4c(n3)sc3c5ccccc5ccc43)c3ccccc3-c3ccccc3)cc2)cc1. The number of benzene rings is 6. The van der Waals surface area contributed by atoms with Crippen molar-refractivity contribution < 1.29 is 0 Å². The number of rotatable bonds is 5. The lowest BCUT2D eigenvalue weighted by molar-refractivity contribution is 1.21. The summed E-state index contributed by atoms with van der Waals surface area (Å²) in [6, 6.07) is 56.0. The van der Waals surface area contributed by atoms with Crippen LogP contribution in [-0.2, 0) is 0 Å². The van der Waals surface area contributed by atoms with Crippen molar-refractivity contribution in [1.82, 2.24) is 4.98 Å². The first-order valence-corrected chi connectivity index (χ1v) is 15.0. The van der Waals surface area contributed by atoms with Crippen LogP contribution in [0.1, 0.15) is 0 Å². The Hall–Kier alpha value is -5.25. The van der Waals surface area contributed by atoms with Crippen LogP contribution in [-0.4, -0.2) is 4.98 Å². The molecular weight excluding hydrogens is 529 g/mol. The van der Waals surface area contributed by atoms with Gasteiger partial charge in [0.1, 0.15) is 10.6 Å². The van der Waals surface area contributed by atoms with Crippen LogP contribution >= 0.6 is 11.3 Å². The molecule has 0 spiro atoms. The number of pyridine rings is 1. The van der Waals surface area contributed by atoms with Crippen molar-refractivity contribution in [3.8, 4) is 22.3 Å². The molecule has 0 radical (unpaired) electrons. The highest BCUT2D eigenvalue weighted by Gasteiger charge is 2.20. The van der Waals surface area contributed by atoms with Gasteiger partial charge < -0.3 is 0 Å². The average Bonchev–Trinajstić information content (AvgIpc) is 3.45. The zero-order valence-electron chi connectivity index (χ0n) is 22.8. The summed E-state index contributed by atoms with van der Waals surface area (Å²) in [4.78, 5) is 8.67. The molecule has 0 amide bonds. The molecule has 0 bridgehead atoms. The van der Waals surface area contributed by atoms with Crippen molar-refractivity contribution in [3.05, 3.63) is 158 Å². The number of anilines is 3. The Morgan fingerprint density at radius 2 is 1.10 bits per heavy atom. The molecule has 0 saturated carbocycles. The Kier molecular flexibility index (Phi) is 6.02. The van der Waals surface area contributed by atoms with Crippen molar-refractivity contribution >= 4 is 59.6 Å².